The van der Waals surface area contributed by atoms with Crippen LogP contribution in [-0.4, -0.2) is 41.3 Å². The predicted molar refractivity (Wildman–Crippen MR) is 104 cm³/mol. The van der Waals surface area contributed by atoms with E-state index in [0.717, 1.165) is 49.0 Å². The molecular weight excluding hydrogens is 361 g/mol. The molecule has 4 rings (SSSR count). The Labute approximate surface area is 161 Å². The molecule has 3 heterocycles. The minimum atomic E-state index is -0.204. The van der Waals surface area contributed by atoms with E-state index in [1.807, 2.05) is 18.2 Å². The van der Waals surface area contributed by atoms with Crippen molar-refractivity contribution in [2.45, 2.75) is 6.54 Å². The van der Waals surface area contributed by atoms with Crippen molar-refractivity contribution in [1.82, 2.24) is 15.1 Å². The van der Waals surface area contributed by atoms with E-state index in [2.05, 4.69) is 32.1 Å². The summed E-state index contributed by atoms with van der Waals surface area (Å²) in [4.78, 5) is 6.98. The van der Waals surface area contributed by atoms with Crippen molar-refractivity contribution in [3.8, 4) is 16.5 Å². The molecular formula is C20H18FN5S. The second-order valence-corrected chi connectivity index (χ2v) is 7.60. The Morgan fingerprint density at radius 2 is 1.89 bits per heavy atom. The van der Waals surface area contributed by atoms with Gasteiger partial charge in [0.1, 0.15) is 11.9 Å². The van der Waals surface area contributed by atoms with Crippen LogP contribution in [0.1, 0.15) is 10.6 Å². The average Bonchev–Trinajstić information content (AvgIpc) is 3.17. The molecule has 0 saturated carbocycles. The number of rotatable bonds is 4. The molecule has 0 atom stereocenters. The number of nitriles is 1. The van der Waals surface area contributed by atoms with Crippen molar-refractivity contribution >= 4 is 17.2 Å². The van der Waals surface area contributed by atoms with Gasteiger partial charge in [0.25, 0.3) is 0 Å². The van der Waals surface area contributed by atoms with E-state index in [9.17, 15) is 4.39 Å². The highest BCUT2D eigenvalue weighted by molar-refractivity contribution is 7.15. The lowest BCUT2D eigenvalue weighted by Crippen LogP contribution is -2.46. The van der Waals surface area contributed by atoms with Crippen LogP contribution in [0.15, 0.2) is 48.5 Å². The zero-order chi connectivity index (χ0) is 18.6. The zero-order valence-corrected chi connectivity index (χ0v) is 15.5. The Hall–Kier alpha value is -2.82. The fraction of sp³-hybridized carbons (Fsp3) is 0.250. The smallest absolute Gasteiger partial charge is 0.163 e. The highest BCUT2D eigenvalue weighted by Crippen LogP contribution is 2.29. The van der Waals surface area contributed by atoms with Crippen molar-refractivity contribution in [2.75, 3.05) is 31.1 Å². The van der Waals surface area contributed by atoms with Gasteiger partial charge in [-0.1, -0.05) is 12.1 Å². The molecule has 1 aliphatic heterocycles. The van der Waals surface area contributed by atoms with Gasteiger partial charge in [-0.05, 0) is 42.0 Å². The fourth-order valence-corrected chi connectivity index (χ4v) is 4.22. The van der Waals surface area contributed by atoms with Crippen molar-refractivity contribution in [3.63, 3.8) is 0 Å². The average molecular weight is 379 g/mol. The van der Waals surface area contributed by atoms with E-state index in [-0.39, 0.29) is 5.82 Å². The second kappa shape index (κ2) is 7.82. The maximum absolute atomic E-state index is 13.4. The number of anilines is 1. The van der Waals surface area contributed by atoms with E-state index in [4.69, 9.17) is 5.26 Å². The summed E-state index contributed by atoms with van der Waals surface area (Å²) in [6, 6.07) is 16.5. The minimum Gasteiger partial charge on any atom is -0.353 e. The lowest BCUT2D eigenvalue weighted by atomic mass is 10.2. The normalized spacial score (nSPS) is 14.9. The fourth-order valence-electron chi connectivity index (χ4n) is 3.17. The molecule has 1 aromatic carbocycles. The number of aromatic nitrogens is 2. The Morgan fingerprint density at radius 3 is 2.59 bits per heavy atom. The summed E-state index contributed by atoms with van der Waals surface area (Å²) >= 11 is 1.71. The standard InChI is InChI=1S/C20H18FN5S/c21-16-3-1-2-15(12-16)19-6-5-18(27-19)14-25-8-10-26(11-9-25)20-7-4-17(13-22)23-24-20/h1-7,12H,8-11,14H2. The summed E-state index contributed by atoms with van der Waals surface area (Å²) in [5.74, 6) is 0.614. The van der Waals surface area contributed by atoms with Crippen LogP contribution in [0.3, 0.4) is 0 Å². The molecule has 0 N–H and O–H groups in total. The molecule has 7 heteroatoms. The van der Waals surface area contributed by atoms with Crippen LogP contribution in [0.4, 0.5) is 10.2 Å². The minimum absolute atomic E-state index is 0.204. The lowest BCUT2D eigenvalue weighted by molar-refractivity contribution is 0.251. The molecule has 1 saturated heterocycles. The van der Waals surface area contributed by atoms with E-state index in [0.29, 0.717) is 5.69 Å². The van der Waals surface area contributed by atoms with E-state index >= 15 is 0 Å². The zero-order valence-electron chi connectivity index (χ0n) is 14.7. The Morgan fingerprint density at radius 1 is 1.04 bits per heavy atom. The van der Waals surface area contributed by atoms with Gasteiger partial charge in [0.05, 0.1) is 0 Å². The highest BCUT2D eigenvalue weighted by Gasteiger charge is 2.19. The summed E-state index contributed by atoms with van der Waals surface area (Å²) in [5, 5.41) is 16.8. The van der Waals surface area contributed by atoms with Gasteiger partial charge in [-0.25, -0.2) is 4.39 Å². The number of thiophene rings is 1. The van der Waals surface area contributed by atoms with Crippen molar-refractivity contribution in [2.24, 2.45) is 0 Å². The van der Waals surface area contributed by atoms with Gasteiger partial charge in [-0.15, -0.1) is 21.5 Å². The number of hydrogen-bond donors (Lipinski definition) is 0. The van der Waals surface area contributed by atoms with E-state index < -0.39 is 0 Å². The van der Waals surface area contributed by atoms with Crippen molar-refractivity contribution in [1.29, 1.82) is 5.26 Å². The van der Waals surface area contributed by atoms with Crippen molar-refractivity contribution in [3.05, 3.63) is 64.9 Å². The van der Waals surface area contributed by atoms with Crippen molar-refractivity contribution < 1.29 is 4.39 Å². The Bertz CT molecular complexity index is 955. The summed E-state index contributed by atoms with van der Waals surface area (Å²) in [7, 11) is 0. The van der Waals surface area contributed by atoms with Gasteiger partial charge < -0.3 is 4.90 Å². The first-order valence-electron chi connectivity index (χ1n) is 8.77. The predicted octanol–water partition coefficient (Wildman–Crippen LogP) is 3.54. The molecule has 2 aromatic heterocycles. The van der Waals surface area contributed by atoms with Crippen LogP contribution in [0.2, 0.25) is 0 Å². The van der Waals surface area contributed by atoms with Crippen LogP contribution in [0.5, 0.6) is 0 Å². The number of piperazine rings is 1. The topological polar surface area (TPSA) is 56.1 Å². The molecule has 136 valence electrons. The van der Waals surface area contributed by atoms with E-state index in [1.165, 1.54) is 10.9 Å². The summed E-state index contributed by atoms with van der Waals surface area (Å²) in [5.41, 5.74) is 1.26. The third kappa shape index (κ3) is 4.13. The molecule has 5 nitrogen and oxygen atoms in total. The lowest BCUT2D eigenvalue weighted by Gasteiger charge is -2.34. The number of benzene rings is 1. The summed E-state index contributed by atoms with van der Waals surface area (Å²) in [6.45, 7) is 4.53. The van der Waals surface area contributed by atoms with Gasteiger partial charge in [0, 0.05) is 42.5 Å². The summed E-state index contributed by atoms with van der Waals surface area (Å²) in [6.07, 6.45) is 0. The van der Waals surface area contributed by atoms with E-state index in [1.54, 1.807) is 29.5 Å². The number of nitrogens with zero attached hydrogens (tertiary/aromatic N) is 5. The van der Waals surface area contributed by atoms with Crippen LogP contribution >= 0.6 is 11.3 Å². The summed E-state index contributed by atoms with van der Waals surface area (Å²) < 4.78 is 13.4. The number of hydrogen-bond acceptors (Lipinski definition) is 6. The molecule has 0 radical (unpaired) electrons. The van der Waals surface area contributed by atoms with Gasteiger partial charge in [-0.3, -0.25) is 4.90 Å². The molecule has 0 bridgehead atoms. The van der Waals surface area contributed by atoms with Crippen LogP contribution in [0, 0.1) is 17.1 Å². The highest BCUT2D eigenvalue weighted by atomic mass is 32.1. The molecule has 0 unspecified atom stereocenters. The second-order valence-electron chi connectivity index (χ2n) is 6.43. The van der Waals surface area contributed by atoms with Crippen LogP contribution in [-0.2, 0) is 6.54 Å². The van der Waals surface area contributed by atoms with Crippen LogP contribution < -0.4 is 4.90 Å². The maximum atomic E-state index is 13.4. The molecule has 1 aliphatic rings. The first kappa shape index (κ1) is 17.6. The number of halogens is 1. The third-order valence-corrected chi connectivity index (χ3v) is 5.73. The first-order chi connectivity index (χ1) is 13.2. The van der Waals surface area contributed by atoms with Gasteiger partial charge >= 0.3 is 0 Å². The third-order valence-electron chi connectivity index (χ3n) is 4.61. The monoisotopic (exact) mass is 379 g/mol. The molecule has 27 heavy (non-hydrogen) atoms. The first-order valence-corrected chi connectivity index (χ1v) is 9.59. The van der Waals surface area contributed by atoms with Gasteiger partial charge in [0.15, 0.2) is 11.5 Å². The molecule has 0 amide bonds. The SMILES string of the molecule is N#Cc1ccc(N2CCN(Cc3ccc(-c4cccc(F)c4)s3)CC2)nn1. The molecule has 0 aliphatic carbocycles. The Balaban J connectivity index is 1.35. The molecule has 3 aromatic rings. The maximum Gasteiger partial charge on any atom is 0.163 e. The van der Waals surface area contributed by atoms with Gasteiger partial charge in [0.2, 0.25) is 0 Å². The molecule has 1 fully saturated rings. The molecule has 0 spiro atoms. The van der Waals surface area contributed by atoms with Gasteiger partial charge in [-0.2, -0.15) is 5.26 Å². The quantitative estimate of drug-likeness (QED) is 0.694. The Kier molecular flexibility index (Phi) is 5.10. The van der Waals surface area contributed by atoms with Crippen LogP contribution in [0.25, 0.3) is 10.4 Å². The largest absolute Gasteiger partial charge is 0.353 e.